The lowest BCUT2D eigenvalue weighted by Gasteiger charge is -2.34. The molecule has 13 rings (SSSR count). The number of phenols is 1. The van der Waals surface area contributed by atoms with Gasteiger partial charge in [-0.25, -0.2) is 4.79 Å². The third kappa shape index (κ3) is 23.9. The number of carbonyl (C=O) groups is 14. The Balaban J connectivity index is 0.696. The predicted octanol–water partition coefficient (Wildman–Crippen LogP) is 5.47. The number of benzene rings is 7. The number of aliphatic carboxylic acids is 1. The number of unbranched alkanes of at least 4 members (excludes halogenated alkanes) is 2. The van der Waals surface area contributed by atoms with Crippen LogP contribution in [0, 0.1) is 17.8 Å². The number of ether oxygens (including phenoxy) is 1. The number of rotatable bonds is 29. The van der Waals surface area contributed by atoms with Crippen LogP contribution >= 0.6 is 0 Å². The van der Waals surface area contributed by atoms with Crippen LogP contribution in [0.5, 0.6) is 11.5 Å². The third-order valence-electron chi connectivity index (χ3n) is 23.6. The van der Waals surface area contributed by atoms with E-state index in [1.165, 1.54) is 103 Å². The van der Waals surface area contributed by atoms with E-state index in [1.54, 1.807) is 31.2 Å². The summed E-state index contributed by atoms with van der Waals surface area (Å²) >= 11 is 0. The first-order chi connectivity index (χ1) is 63.9. The first-order valence-corrected chi connectivity index (χ1v) is 43.6. The molecular weight excluding hydrogens is 1720 g/mol. The zero-order valence-electron chi connectivity index (χ0n) is 72.8. The van der Waals surface area contributed by atoms with Crippen LogP contribution in [0.4, 0.5) is 52.0 Å². The largest absolute Gasteiger partial charge is 0.508 e. The highest BCUT2D eigenvalue weighted by molar-refractivity contribution is 6.10. The molecule has 1 aliphatic carbocycles. The second-order valence-corrected chi connectivity index (χ2v) is 32.9. The van der Waals surface area contributed by atoms with Crippen LogP contribution in [-0.2, 0) is 56.3 Å². The van der Waals surface area contributed by atoms with Crippen molar-refractivity contribution < 1.29 is 91.6 Å². The minimum absolute atomic E-state index is 0.0221. The number of piperidine rings is 2. The summed E-state index contributed by atoms with van der Waals surface area (Å²) in [6.07, 6.45) is 2.60. The number of aromatic carboxylic acids is 1. The summed E-state index contributed by atoms with van der Waals surface area (Å²) < 4.78 is 12.3. The summed E-state index contributed by atoms with van der Waals surface area (Å²) in [4.78, 5) is 222. The highest BCUT2D eigenvalue weighted by Crippen LogP contribution is 2.43. The number of primary amides is 2. The van der Waals surface area contributed by atoms with Gasteiger partial charge in [0.1, 0.15) is 53.6 Å². The van der Waals surface area contributed by atoms with Gasteiger partial charge in [-0.1, -0.05) is 38.5 Å². The van der Waals surface area contributed by atoms with Gasteiger partial charge in [-0.2, -0.15) is 15.0 Å². The molecule has 2 saturated heterocycles. The molecule has 5 atom stereocenters. The molecule has 23 N–H and O–H groups in total. The highest BCUT2D eigenvalue weighted by Gasteiger charge is 2.37. The fraction of sp³-hybridized carbons (Fsp3) is 0.348. The molecule has 0 unspecified atom stereocenters. The lowest BCUT2D eigenvalue weighted by Crippen LogP contribution is -2.55. The fourth-order valence-electron chi connectivity index (χ4n) is 16.1. The summed E-state index contributed by atoms with van der Waals surface area (Å²) in [5.41, 5.74) is 25.1. The summed E-state index contributed by atoms with van der Waals surface area (Å²) in [5.74, 6) is -12.3. The van der Waals surface area contributed by atoms with Crippen molar-refractivity contribution in [2.24, 2.45) is 40.7 Å². The van der Waals surface area contributed by atoms with Gasteiger partial charge in [0.05, 0.1) is 29.8 Å². The maximum atomic E-state index is 14.5. The van der Waals surface area contributed by atoms with E-state index in [9.17, 15) is 87.2 Å². The van der Waals surface area contributed by atoms with Gasteiger partial charge in [-0.15, -0.1) is 0 Å². The summed E-state index contributed by atoms with van der Waals surface area (Å²) in [6, 6.07) is 25.3. The number of carboxylic acid groups (broad SMARTS) is 2. The number of nitrogens with two attached hydrogens (primary N) is 4. The van der Waals surface area contributed by atoms with Crippen LogP contribution in [0.25, 0.3) is 33.4 Å². The van der Waals surface area contributed by atoms with E-state index in [0.29, 0.717) is 66.3 Å². The summed E-state index contributed by atoms with van der Waals surface area (Å²) in [5, 5.41) is 65.3. The number of anilines is 9. The molecule has 2 fully saturated rings. The molecule has 12 amide bonds. The van der Waals surface area contributed by atoms with E-state index in [1.807, 2.05) is 16.7 Å². The van der Waals surface area contributed by atoms with Crippen molar-refractivity contribution in [2.75, 3.05) is 94.1 Å². The molecule has 0 spiro atoms. The van der Waals surface area contributed by atoms with E-state index < -0.39 is 144 Å². The number of nitrogens with one attached hydrogen (secondary N) is 12. The average Bonchev–Trinajstić information content (AvgIpc) is 0.743. The smallest absolute Gasteiger partial charge is 0.336 e. The number of carbonyl (C=O) groups excluding carboxylic acids is 12. The number of aromatic hydroxyl groups is 1. The number of hydrogen-bond donors (Lipinski definition) is 19. The summed E-state index contributed by atoms with van der Waals surface area (Å²) in [7, 11) is 0. The van der Waals surface area contributed by atoms with Gasteiger partial charge in [-0.05, 0) is 198 Å². The van der Waals surface area contributed by atoms with Crippen molar-refractivity contribution >= 4 is 146 Å². The molecule has 696 valence electrons. The Morgan fingerprint density at radius 3 is 1.67 bits per heavy atom. The third-order valence-corrected chi connectivity index (χ3v) is 23.6. The summed E-state index contributed by atoms with van der Waals surface area (Å²) in [6.45, 7) is 3.67. The van der Waals surface area contributed by atoms with Crippen LogP contribution in [0.3, 0.4) is 0 Å². The first kappa shape index (κ1) is 94.9. The molecule has 0 saturated carbocycles. The standard InChI is InChI=1S/C92H103N21O20/c1-3-47(2)78-88(129)105-67(9-5-7-31-94)86(127)107-70-37-51(80(96)121)11-13-53(70)46-132-71-24-16-55(40-64(71)84(125)108-78)101-75(117)45-99-82(123)49-28-34-113(35-29-49)92-110-90(102-56-14-19-59(62(38-56)89(130)131)77-60-20-17-57(114)41-72(60)133-73-42-58(115)18-21-61(73)77)109-91(111-92)112-32-26-48(27-33-112)81(122)98-44-74(116)100-54-15-22-65-63(39-54)83(124)103-68(23-25-76(118)119)87(128)104-66(8-4-6-30-93)85(126)106-69-36-50(79(95)120)10-12-52(69)43-97-65/h10-22,24,36-42,47-49,66-68,78,97,114H,3-9,23,25-35,43-46,93-94H2,1-2H3,(H2,95,120)(H2,96,121)(H,98,122)(H,99,123)(H,100,116)(H,101,117)(H,103,124)(H,104,128)(H,105,129)(H,106,126)(H,107,127)(H,108,125)(H,118,119)(H,130,131)(H,102,109,110,111)/t47-,66-,67-,68-,78-/m0/s1. The Labute approximate surface area is 760 Å². The zero-order chi connectivity index (χ0) is 94.8. The number of nitrogens with zero attached hydrogens (tertiary/aromatic N) is 5. The number of phenolic OH excluding ortho intramolecular Hbond substituents is 1. The van der Waals surface area contributed by atoms with E-state index in [2.05, 4.69) is 63.8 Å². The highest BCUT2D eigenvalue weighted by atomic mass is 16.5. The second kappa shape index (κ2) is 43.2. The van der Waals surface area contributed by atoms with E-state index in [0.717, 1.165) is 0 Å². The quantitative estimate of drug-likeness (QED) is 0.0204. The Morgan fingerprint density at radius 1 is 0.541 bits per heavy atom. The van der Waals surface area contributed by atoms with Gasteiger partial charge in [-0.3, -0.25) is 67.1 Å². The van der Waals surface area contributed by atoms with Crippen LogP contribution in [-0.4, -0.2) is 190 Å². The molecular formula is C92H103N21O20. The lowest BCUT2D eigenvalue weighted by molar-refractivity contribution is -0.137. The van der Waals surface area contributed by atoms with Crippen molar-refractivity contribution in [1.29, 1.82) is 0 Å². The SMILES string of the molecule is CC[C@H](C)[C@@H]1NC(=O)c2cc(NC(=O)CNC(=O)C3CCN(c4nc(Nc5ccc(-c6c7ccc(=O)cc-7oc7cc(O)ccc67)c(C(=O)O)c5)nc(N5CCC(C(=O)NCC(=O)Nc6ccc7c(c6)C(=O)N[C@@H](CCC(=O)O)C(=O)N[C@@H](CCCCN)C(=O)Nc6cc(C(N)=O)ccc6CN7)CC5)n4)CC3)ccc2OCc2ccc(C(N)=O)cc2NC(=O)[C@H](CCCCN)NC1=O. The molecule has 41 heteroatoms. The zero-order valence-corrected chi connectivity index (χ0v) is 72.8. The lowest BCUT2D eigenvalue weighted by atomic mass is 9.90. The molecule has 6 heterocycles. The monoisotopic (exact) mass is 1820 g/mol. The van der Waals surface area contributed by atoms with Gasteiger partial charge in [0, 0.05) is 130 Å². The van der Waals surface area contributed by atoms with Crippen LogP contribution in [0.15, 0.2) is 137 Å². The number of hydrogen-bond acceptors (Lipinski definition) is 27. The number of aromatic nitrogens is 3. The average molecular weight is 1820 g/mol. The maximum Gasteiger partial charge on any atom is 0.336 e. The van der Waals surface area contributed by atoms with E-state index in [-0.39, 0.29) is 204 Å². The minimum atomic E-state index is -1.49. The number of amides is 12. The fourth-order valence-corrected chi connectivity index (χ4v) is 16.1. The number of fused-ring (bicyclic) bond motifs is 6. The van der Waals surface area contributed by atoms with Gasteiger partial charge in [0.15, 0.2) is 5.43 Å². The Morgan fingerprint density at radius 2 is 1.09 bits per heavy atom. The Bertz CT molecular complexity index is 6050. The molecule has 41 nitrogen and oxygen atoms in total. The van der Waals surface area contributed by atoms with Crippen molar-refractivity contribution in [3.05, 3.63) is 177 Å². The Kier molecular flexibility index (Phi) is 30.8. The Hall–Kier alpha value is -15.7. The van der Waals surface area contributed by atoms with Crippen molar-refractivity contribution in [1.82, 2.24) is 46.9 Å². The van der Waals surface area contributed by atoms with Crippen LogP contribution < -0.4 is 107 Å². The molecule has 5 aliphatic heterocycles. The molecule has 0 bridgehead atoms. The first-order valence-electron chi connectivity index (χ1n) is 43.6. The van der Waals surface area contributed by atoms with Gasteiger partial charge >= 0.3 is 11.9 Å². The molecule has 6 aliphatic rings. The van der Waals surface area contributed by atoms with E-state index in [4.69, 9.17) is 47.0 Å². The van der Waals surface area contributed by atoms with Gasteiger partial charge < -0.3 is 121 Å². The van der Waals surface area contributed by atoms with Crippen LogP contribution in [0.2, 0.25) is 0 Å². The van der Waals surface area contributed by atoms with Gasteiger partial charge in [0.2, 0.25) is 76.9 Å². The molecule has 133 heavy (non-hydrogen) atoms. The molecule has 1 aromatic heterocycles. The minimum Gasteiger partial charge on any atom is -0.508 e. The molecule has 7 aromatic rings. The topological polar surface area (TPSA) is 633 Å². The van der Waals surface area contributed by atoms with Gasteiger partial charge in [0.25, 0.3) is 11.8 Å². The van der Waals surface area contributed by atoms with Crippen molar-refractivity contribution in [2.45, 2.75) is 135 Å². The molecule has 0 radical (unpaired) electrons. The van der Waals surface area contributed by atoms with Crippen molar-refractivity contribution in [3.63, 3.8) is 0 Å². The van der Waals surface area contributed by atoms with Crippen molar-refractivity contribution in [3.8, 4) is 33.9 Å². The normalized spacial score (nSPS) is 17.2. The number of carboxylic acids is 2. The predicted molar refractivity (Wildman–Crippen MR) is 490 cm³/mol. The molecule has 6 aromatic carbocycles. The maximum absolute atomic E-state index is 14.5. The van der Waals surface area contributed by atoms with Crippen LogP contribution in [0.1, 0.15) is 160 Å². The second-order valence-electron chi connectivity index (χ2n) is 32.9. The van der Waals surface area contributed by atoms with E-state index >= 15 is 0 Å².